The monoisotopic (exact) mass is 498 g/mol. The topological polar surface area (TPSA) is 80.3 Å². The predicted octanol–water partition coefficient (Wildman–Crippen LogP) is 3.41. The van der Waals surface area contributed by atoms with Gasteiger partial charge in [0.15, 0.2) is 5.96 Å². The average molecular weight is 498 g/mol. The molecule has 1 aromatic carbocycles. The smallest absolute Gasteiger partial charge is 0.191 e. The second-order valence-corrected chi connectivity index (χ2v) is 6.24. The maximum atomic E-state index is 13.1. The number of halogens is 2. The van der Waals surface area contributed by atoms with Gasteiger partial charge in [0.25, 0.3) is 0 Å². The molecule has 0 bridgehead atoms. The Hall–Kier alpha value is -2.43. The first kappa shape index (κ1) is 21.9. The van der Waals surface area contributed by atoms with Gasteiger partial charge in [0.05, 0.1) is 17.1 Å². The first-order chi connectivity index (χ1) is 13.0. The number of hydrogen-bond donors (Lipinski definition) is 2. The third kappa shape index (κ3) is 5.09. The molecular formula is C19H24FIN6O. The Morgan fingerprint density at radius 1 is 1.11 bits per heavy atom. The minimum absolute atomic E-state index is 0. The van der Waals surface area contributed by atoms with E-state index in [2.05, 4.69) is 25.9 Å². The first-order valence-electron chi connectivity index (χ1n) is 8.65. The van der Waals surface area contributed by atoms with E-state index in [-0.39, 0.29) is 29.8 Å². The van der Waals surface area contributed by atoms with E-state index in [9.17, 15) is 4.39 Å². The zero-order valence-electron chi connectivity index (χ0n) is 16.3. The van der Waals surface area contributed by atoms with Gasteiger partial charge in [0, 0.05) is 37.5 Å². The highest BCUT2D eigenvalue weighted by Crippen LogP contribution is 2.13. The molecule has 7 nitrogen and oxygen atoms in total. The summed E-state index contributed by atoms with van der Waals surface area (Å²) in [4.78, 5) is 4.24. The summed E-state index contributed by atoms with van der Waals surface area (Å²) >= 11 is 0. The van der Waals surface area contributed by atoms with Crippen LogP contribution in [0.1, 0.15) is 28.3 Å². The van der Waals surface area contributed by atoms with E-state index >= 15 is 0 Å². The number of aliphatic imine (C=N–C) groups is 1. The lowest BCUT2D eigenvalue weighted by Crippen LogP contribution is -2.36. The highest BCUT2D eigenvalue weighted by atomic mass is 127. The molecule has 2 aromatic heterocycles. The summed E-state index contributed by atoms with van der Waals surface area (Å²) in [5, 5.41) is 15.0. The fourth-order valence-electron chi connectivity index (χ4n) is 2.72. The average Bonchev–Trinajstić information content (AvgIpc) is 3.18. The minimum atomic E-state index is -0.266. The lowest BCUT2D eigenvalue weighted by atomic mass is 10.2. The molecule has 2 heterocycles. The zero-order valence-corrected chi connectivity index (χ0v) is 18.6. The van der Waals surface area contributed by atoms with Gasteiger partial charge in [-0.1, -0.05) is 5.16 Å². The maximum absolute atomic E-state index is 13.1. The van der Waals surface area contributed by atoms with Gasteiger partial charge in [-0.05, 0) is 45.0 Å². The van der Waals surface area contributed by atoms with Crippen molar-refractivity contribution in [2.24, 2.45) is 4.99 Å². The van der Waals surface area contributed by atoms with Gasteiger partial charge in [-0.2, -0.15) is 5.10 Å². The molecule has 0 aliphatic rings. The summed E-state index contributed by atoms with van der Waals surface area (Å²) in [6.45, 7) is 6.89. The summed E-state index contributed by atoms with van der Waals surface area (Å²) in [5.41, 5.74) is 4.63. The quantitative estimate of drug-likeness (QED) is 0.320. The molecule has 28 heavy (non-hydrogen) atoms. The molecule has 0 amide bonds. The van der Waals surface area contributed by atoms with Crippen LogP contribution in [0.2, 0.25) is 0 Å². The molecule has 3 rings (SSSR count). The van der Waals surface area contributed by atoms with Gasteiger partial charge in [-0.25, -0.2) is 9.07 Å². The van der Waals surface area contributed by atoms with Gasteiger partial charge in [0.1, 0.15) is 11.6 Å². The minimum Gasteiger partial charge on any atom is -0.361 e. The van der Waals surface area contributed by atoms with E-state index in [1.54, 1.807) is 23.9 Å². The maximum Gasteiger partial charge on any atom is 0.191 e. The van der Waals surface area contributed by atoms with Crippen molar-refractivity contribution in [2.75, 3.05) is 7.05 Å². The van der Waals surface area contributed by atoms with E-state index in [0.29, 0.717) is 19.0 Å². The number of aryl methyl sites for hydroxylation is 3. The fraction of sp³-hybridized carbons (Fsp3) is 0.316. The van der Waals surface area contributed by atoms with E-state index in [0.717, 1.165) is 34.0 Å². The molecule has 0 aliphatic heterocycles. The van der Waals surface area contributed by atoms with Crippen LogP contribution in [0.4, 0.5) is 4.39 Å². The van der Waals surface area contributed by atoms with Crippen molar-refractivity contribution >= 4 is 29.9 Å². The molecule has 0 radical (unpaired) electrons. The third-order valence-corrected chi connectivity index (χ3v) is 4.38. The van der Waals surface area contributed by atoms with Crippen molar-refractivity contribution < 1.29 is 8.91 Å². The van der Waals surface area contributed by atoms with E-state index in [1.165, 1.54) is 12.1 Å². The Morgan fingerprint density at radius 3 is 2.39 bits per heavy atom. The van der Waals surface area contributed by atoms with Crippen molar-refractivity contribution in [2.45, 2.75) is 33.9 Å². The predicted molar refractivity (Wildman–Crippen MR) is 117 cm³/mol. The van der Waals surface area contributed by atoms with Gasteiger partial charge in [0.2, 0.25) is 0 Å². The number of nitrogens with zero attached hydrogens (tertiary/aromatic N) is 4. The Kier molecular flexibility index (Phi) is 7.55. The van der Waals surface area contributed by atoms with Crippen LogP contribution in [-0.4, -0.2) is 27.9 Å². The molecule has 0 unspecified atom stereocenters. The van der Waals surface area contributed by atoms with Crippen LogP contribution >= 0.6 is 24.0 Å². The Bertz CT molecular complexity index is 928. The van der Waals surface area contributed by atoms with Gasteiger partial charge < -0.3 is 15.2 Å². The Balaban J connectivity index is 0.00000280. The van der Waals surface area contributed by atoms with Crippen molar-refractivity contribution in [3.05, 3.63) is 64.6 Å². The third-order valence-electron chi connectivity index (χ3n) is 4.38. The SMILES string of the molecule is CN=C(NCc1cn(-c2ccc(F)cc2)nc1C)NCc1c(C)noc1C.I. The van der Waals surface area contributed by atoms with E-state index in [1.807, 2.05) is 27.0 Å². The van der Waals surface area contributed by atoms with Crippen LogP contribution in [0.3, 0.4) is 0 Å². The summed E-state index contributed by atoms with van der Waals surface area (Å²) in [5.74, 6) is 1.20. The van der Waals surface area contributed by atoms with Crippen LogP contribution in [0.15, 0.2) is 40.0 Å². The molecule has 9 heteroatoms. The normalized spacial score (nSPS) is 11.2. The summed E-state index contributed by atoms with van der Waals surface area (Å²) in [6.07, 6.45) is 1.93. The molecule has 0 fully saturated rings. The van der Waals surface area contributed by atoms with E-state index in [4.69, 9.17) is 4.52 Å². The van der Waals surface area contributed by atoms with Crippen molar-refractivity contribution in [1.82, 2.24) is 25.6 Å². The Labute approximate surface area is 180 Å². The number of guanidine groups is 1. The van der Waals surface area contributed by atoms with Gasteiger partial charge in [-0.15, -0.1) is 24.0 Å². The first-order valence-corrected chi connectivity index (χ1v) is 8.65. The molecule has 0 spiro atoms. The molecule has 0 saturated heterocycles. The molecule has 0 aliphatic carbocycles. The van der Waals surface area contributed by atoms with Gasteiger partial charge in [-0.3, -0.25) is 4.99 Å². The number of nitrogens with one attached hydrogen (secondary N) is 2. The standard InChI is InChI=1S/C19H23FN6O.HI/c1-12-15(11-26(24-12)17-7-5-16(20)6-8-17)9-22-19(21-4)23-10-18-13(2)25-27-14(18)3;/h5-8,11H,9-10H2,1-4H3,(H2,21,22,23);1H. The molecular weight excluding hydrogens is 474 g/mol. The van der Waals surface area contributed by atoms with Crippen LogP contribution in [0.25, 0.3) is 5.69 Å². The fourth-order valence-corrected chi connectivity index (χ4v) is 2.72. The van der Waals surface area contributed by atoms with Crippen LogP contribution < -0.4 is 10.6 Å². The Morgan fingerprint density at radius 2 is 1.79 bits per heavy atom. The van der Waals surface area contributed by atoms with Crippen molar-refractivity contribution in [3.63, 3.8) is 0 Å². The summed E-state index contributed by atoms with van der Waals surface area (Å²) in [7, 11) is 1.72. The second kappa shape index (κ2) is 9.67. The van der Waals surface area contributed by atoms with Gasteiger partial charge >= 0.3 is 0 Å². The highest BCUT2D eigenvalue weighted by Gasteiger charge is 2.11. The molecule has 2 N–H and O–H groups in total. The number of rotatable bonds is 5. The number of benzene rings is 1. The number of aromatic nitrogens is 3. The molecule has 0 atom stereocenters. The molecule has 150 valence electrons. The lowest BCUT2D eigenvalue weighted by molar-refractivity contribution is 0.392. The highest BCUT2D eigenvalue weighted by molar-refractivity contribution is 14.0. The van der Waals surface area contributed by atoms with Crippen LogP contribution in [0.5, 0.6) is 0 Å². The van der Waals surface area contributed by atoms with Crippen molar-refractivity contribution in [1.29, 1.82) is 0 Å². The molecule has 0 saturated carbocycles. The van der Waals surface area contributed by atoms with Crippen molar-refractivity contribution in [3.8, 4) is 5.69 Å². The summed E-state index contributed by atoms with van der Waals surface area (Å²) in [6, 6.07) is 6.24. The number of hydrogen-bond acceptors (Lipinski definition) is 4. The lowest BCUT2D eigenvalue weighted by Gasteiger charge is -2.11. The molecule has 3 aromatic rings. The van der Waals surface area contributed by atoms with Crippen LogP contribution in [-0.2, 0) is 13.1 Å². The zero-order chi connectivity index (χ0) is 19.4. The summed E-state index contributed by atoms with van der Waals surface area (Å²) < 4.78 is 20.0. The second-order valence-electron chi connectivity index (χ2n) is 6.24. The van der Waals surface area contributed by atoms with Crippen LogP contribution in [0, 0.1) is 26.6 Å². The largest absolute Gasteiger partial charge is 0.361 e. The van der Waals surface area contributed by atoms with E-state index < -0.39 is 0 Å².